The van der Waals surface area contributed by atoms with Crippen molar-refractivity contribution in [3.8, 4) is 11.5 Å². The highest BCUT2D eigenvalue weighted by Crippen LogP contribution is 2.27. The molecule has 0 radical (unpaired) electrons. The molecule has 2 aromatic rings. The summed E-state index contributed by atoms with van der Waals surface area (Å²) in [6, 6.07) is 13.5. The smallest absolute Gasteiger partial charge is 0.233 e. The van der Waals surface area contributed by atoms with E-state index < -0.39 is 0 Å². The lowest BCUT2D eigenvalue weighted by Crippen LogP contribution is -2.35. The zero-order valence-corrected chi connectivity index (χ0v) is 15.9. The Hall–Kier alpha value is -2.24. The lowest BCUT2D eigenvalue weighted by atomic mass is 10.1. The Balaban J connectivity index is 1.64. The van der Waals surface area contributed by atoms with E-state index >= 15 is 0 Å². The van der Waals surface area contributed by atoms with E-state index in [1.54, 1.807) is 14.2 Å². The maximum atomic E-state index is 11.9. The first-order chi connectivity index (χ1) is 12.6. The van der Waals surface area contributed by atoms with Gasteiger partial charge >= 0.3 is 0 Å². The average Bonchev–Trinajstić information content (AvgIpc) is 2.65. The van der Waals surface area contributed by atoms with Crippen LogP contribution >= 0.6 is 11.6 Å². The van der Waals surface area contributed by atoms with Crippen molar-refractivity contribution in [2.45, 2.75) is 12.8 Å². The highest BCUT2D eigenvalue weighted by atomic mass is 35.5. The third kappa shape index (κ3) is 6.58. The molecule has 1 amide bonds. The number of benzene rings is 2. The average molecular weight is 377 g/mol. The van der Waals surface area contributed by atoms with Gasteiger partial charge < -0.3 is 20.1 Å². The highest BCUT2D eigenvalue weighted by molar-refractivity contribution is 6.30. The lowest BCUT2D eigenvalue weighted by Gasteiger charge is -2.10. The van der Waals surface area contributed by atoms with E-state index in [2.05, 4.69) is 10.6 Å². The SMILES string of the molecule is COc1ccc(CCNC(=O)CNCCc2cccc(Cl)c2)cc1OC. The molecule has 0 heterocycles. The number of carbonyl (C=O) groups is 1. The van der Waals surface area contributed by atoms with Crippen molar-refractivity contribution in [3.05, 3.63) is 58.6 Å². The Morgan fingerprint density at radius 2 is 1.69 bits per heavy atom. The molecule has 26 heavy (non-hydrogen) atoms. The third-order valence-electron chi connectivity index (χ3n) is 3.95. The van der Waals surface area contributed by atoms with E-state index in [0.29, 0.717) is 24.6 Å². The number of hydrogen-bond acceptors (Lipinski definition) is 4. The largest absolute Gasteiger partial charge is 0.493 e. The van der Waals surface area contributed by atoms with Gasteiger partial charge in [0.05, 0.1) is 20.8 Å². The van der Waals surface area contributed by atoms with Crippen molar-refractivity contribution < 1.29 is 14.3 Å². The second-order valence-electron chi connectivity index (χ2n) is 5.85. The topological polar surface area (TPSA) is 59.6 Å². The predicted molar refractivity (Wildman–Crippen MR) is 104 cm³/mol. The van der Waals surface area contributed by atoms with E-state index in [1.165, 1.54) is 0 Å². The molecule has 6 heteroatoms. The van der Waals surface area contributed by atoms with Gasteiger partial charge in [-0.15, -0.1) is 0 Å². The van der Waals surface area contributed by atoms with Crippen LogP contribution in [0.3, 0.4) is 0 Å². The Labute approximate surface area is 159 Å². The van der Waals surface area contributed by atoms with Gasteiger partial charge in [-0.2, -0.15) is 0 Å². The number of rotatable bonds is 10. The van der Waals surface area contributed by atoms with Crippen molar-refractivity contribution in [2.75, 3.05) is 33.9 Å². The monoisotopic (exact) mass is 376 g/mol. The van der Waals surface area contributed by atoms with Gasteiger partial charge in [0.25, 0.3) is 0 Å². The minimum absolute atomic E-state index is 0.0171. The van der Waals surface area contributed by atoms with E-state index in [1.807, 2.05) is 42.5 Å². The quantitative estimate of drug-likeness (QED) is 0.626. The van der Waals surface area contributed by atoms with Crippen molar-refractivity contribution in [1.29, 1.82) is 0 Å². The van der Waals surface area contributed by atoms with Crippen LogP contribution in [0.2, 0.25) is 5.02 Å². The molecule has 2 N–H and O–H groups in total. The molecule has 0 atom stereocenters. The van der Waals surface area contributed by atoms with Crippen LogP contribution in [0.5, 0.6) is 11.5 Å². The first-order valence-corrected chi connectivity index (χ1v) is 8.93. The fourth-order valence-electron chi connectivity index (χ4n) is 2.57. The summed E-state index contributed by atoms with van der Waals surface area (Å²) in [5, 5.41) is 6.79. The Kier molecular flexibility index (Phi) is 8.25. The van der Waals surface area contributed by atoms with E-state index in [4.69, 9.17) is 21.1 Å². The third-order valence-corrected chi connectivity index (χ3v) is 4.18. The maximum absolute atomic E-state index is 11.9. The molecule has 0 saturated carbocycles. The molecule has 140 valence electrons. The van der Waals surface area contributed by atoms with E-state index in [0.717, 1.165) is 35.5 Å². The van der Waals surface area contributed by atoms with Gasteiger partial charge in [0.1, 0.15) is 0 Å². The summed E-state index contributed by atoms with van der Waals surface area (Å²) in [5.41, 5.74) is 2.23. The number of carbonyl (C=O) groups excluding carboxylic acids is 1. The van der Waals surface area contributed by atoms with Gasteiger partial charge in [-0.3, -0.25) is 4.79 Å². The first kappa shape index (κ1) is 20.1. The first-order valence-electron chi connectivity index (χ1n) is 8.55. The Morgan fingerprint density at radius 1 is 0.962 bits per heavy atom. The molecule has 0 saturated heterocycles. The van der Waals surface area contributed by atoms with E-state index in [-0.39, 0.29) is 5.91 Å². The molecular weight excluding hydrogens is 352 g/mol. The molecule has 0 aliphatic rings. The molecule has 0 fully saturated rings. The minimum Gasteiger partial charge on any atom is -0.493 e. The summed E-state index contributed by atoms with van der Waals surface area (Å²) >= 11 is 5.95. The summed E-state index contributed by atoms with van der Waals surface area (Å²) in [6.45, 7) is 1.60. The molecule has 5 nitrogen and oxygen atoms in total. The van der Waals surface area contributed by atoms with Crippen molar-refractivity contribution in [3.63, 3.8) is 0 Å². The van der Waals surface area contributed by atoms with Crippen molar-refractivity contribution in [2.24, 2.45) is 0 Å². The van der Waals surface area contributed by atoms with Crippen LogP contribution in [-0.4, -0.2) is 39.8 Å². The van der Waals surface area contributed by atoms with Gasteiger partial charge in [-0.1, -0.05) is 29.8 Å². The van der Waals surface area contributed by atoms with E-state index in [9.17, 15) is 4.79 Å². The zero-order chi connectivity index (χ0) is 18.8. The second kappa shape index (κ2) is 10.7. The van der Waals surface area contributed by atoms with Crippen LogP contribution in [0, 0.1) is 0 Å². The van der Waals surface area contributed by atoms with Gasteiger partial charge in [0.15, 0.2) is 11.5 Å². The molecule has 2 aromatic carbocycles. The summed E-state index contributed by atoms with van der Waals surface area (Å²) in [7, 11) is 3.22. The fourth-order valence-corrected chi connectivity index (χ4v) is 2.78. The Morgan fingerprint density at radius 3 is 2.42 bits per heavy atom. The van der Waals surface area contributed by atoms with Crippen LogP contribution in [-0.2, 0) is 17.6 Å². The van der Waals surface area contributed by atoms with Gasteiger partial charge in [-0.05, 0) is 54.8 Å². The summed E-state index contributed by atoms with van der Waals surface area (Å²) in [6.07, 6.45) is 1.56. The van der Waals surface area contributed by atoms with Crippen LogP contribution in [0.25, 0.3) is 0 Å². The van der Waals surface area contributed by atoms with Crippen LogP contribution in [0.1, 0.15) is 11.1 Å². The highest BCUT2D eigenvalue weighted by Gasteiger charge is 2.05. The van der Waals surface area contributed by atoms with Crippen LogP contribution in [0.4, 0.5) is 0 Å². The summed E-state index contributed by atoms with van der Waals surface area (Å²) in [4.78, 5) is 11.9. The molecule has 0 unspecified atom stereocenters. The zero-order valence-electron chi connectivity index (χ0n) is 15.2. The standard InChI is InChI=1S/C20H25ClN2O3/c1-25-18-7-6-16(13-19(18)26-2)9-11-23-20(24)14-22-10-8-15-4-3-5-17(21)12-15/h3-7,12-13,22H,8-11,14H2,1-2H3,(H,23,24). The molecule has 0 aliphatic heterocycles. The molecule has 0 bridgehead atoms. The number of hydrogen-bond donors (Lipinski definition) is 2. The molecule has 0 aliphatic carbocycles. The second-order valence-corrected chi connectivity index (χ2v) is 6.28. The van der Waals surface area contributed by atoms with Gasteiger partial charge in [-0.25, -0.2) is 0 Å². The number of amides is 1. The Bertz CT molecular complexity index is 722. The summed E-state index contributed by atoms with van der Waals surface area (Å²) < 4.78 is 10.5. The van der Waals surface area contributed by atoms with Crippen molar-refractivity contribution >= 4 is 17.5 Å². The van der Waals surface area contributed by atoms with Crippen LogP contribution < -0.4 is 20.1 Å². The summed E-state index contributed by atoms with van der Waals surface area (Å²) in [5.74, 6) is 1.37. The van der Waals surface area contributed by atoms with Crippen molar-refractivity contribution in [1.82, 2.24) is 10.6 Å². The fraction of sp³-hybridized carbons (Fsp3) is 0.350. The molecule has 2 rings (SSSR count). The normalized spacial score (nSPS) is 10.4. The molecular formula is C20H25ClN2O3. The maximum Gasteiger partial charge on any atom is 0.233 e. The number of nitrogens with one attached hydrogen (secondary N) is 2. The predicted octanol–water partition coefficient (Wildman–Crippen LogP) is 2.85. The molecule has 0 spiro atoms. The number of halogens is 1. The minimum atomic E-state index is -0.0171. The number of methoxy groups -OCH3 is 2. The number of ether oxygens (including phenoxy) is 2. The van der Waals surface area contributed by atoms with Gasteiger partial charge in [0.2, 0.25) is 5.91 Å². The molecule has 0 aromatic heterocycles. The van der Waals surface area contributed by atoms with Gasteiger partial charge in [0, 0.05) is 11.6 Å². The lowest BCUT2D eigenvalue weighted by molar-refractivity contribution is -0.120. The van der Waals surface area contributed by atoms with Crippen LogP contribution in [0.15, 0.2) is 42.5 Å².